The Morgan fingerprint density at radius 3 is 2.48 bits per heavy atom. The standard InChI is InChI=1S/C15H20F2N4/c1-3-10-8-15(21(4-2)20-10)14(19-18)9-11-12(16)6-5-7-13(11)17/h5-8,14,19H,3-4,9,18H2,1-2H3. The van der Waals surface area contributed by atoms with Crippen LogP contribution in [0.1, 0.15) is 36.8 Å². The van der Waals surface area contributed by atoms with Crippen molar-refractivity contribution in [2.75, 3.05) is 0 Å². The molecule has 2 rings (SSSR count). The Kier molecular flexibility index (Phi) is 5.03. The number of nitrogens with one attached hydrogen (secondary N) is 1. The van der Waals surface area contributed by atoms with Crippen LogP contribution in [0.2, 0.25) is 0 Å². The van der Waals surface area contributed by atoms with Crippen LogP contribution in [0.5, 0.6) is 0 Å². The van der Waals surface area contributed by atoms with Gasteiger partial charge in [0.1, 0.15) is 11.6 Å². The molecule has 0 aliphatic heterocycles. The van der Waals surface area contributed by atoms with Crippen LogP contribution in [0.3, 0.4) is 0 Å². The minimum atomic E-state index is -0.562. The summed E-state index contributed by atoms with van der Waals surface area (Å²) in [5.41, 5.74) is 4.43. The lowest BCUT2D eigenvalue weighted by Crippen LogP contribution is -2.31. The molecule has 0 amide bonds. The third kappa shape index (κ3) is 3.28. The Morgan fingerprint density at radius 1 is 1.29 bits per heavy atom. The van der Waals surface area contributed by atoms with Crippen LogP contribution < -0.4 is 11.3 Å². The number of halogens is 2. The van der Waals surface area contributed by atoms with Crippen LogP contribution in [0.25, 0.3) is 0 Å². The molecule has 21 heavy (non-hydrogen) atoms. The Bertz CT molecular complexity index is 589. The van der Waals surface area contributed by atoms with Crippen molar-refractivity contribution in [1.29, 1.82) is 0 Å². The van der Waals surface area contributed by atoms with Crippen molar-refractivity contribution in [2.24, 2.45) is 5.84 Å². The fraction of sp³-hybridized carbons (Fsp3) is 0.400. The molecule has 1 aromatic carbocycles. The second-order valence-electron chi connectivity index (χ2n) is 4.85. The highest BCUT2D eigenvalue weighted by Crippen LogP contribution is 2.23. The molecule has 1 atom stereocenters. The van der Waals surface area contributed by atoms with E-state index in [2.05, 4.69) is 10.5 Å². The van der Waals surface area contributed by atoms with E-state index in [0.29, 0.717) is 6.54 Å². The quantitative estimate of drug-likeness (QED) is 0.636. The van der Waals surface area contributed by atoms with Gasteiger partial charge in [0, 0.05) is 18.5 Å². The average molecular weight is 294 g/mol. The highest BCUT2D eigenvalue weighted by molar-refractivity contribution is 5.24. The Morgan fingerprint density at radius 2 is 1.95 bits per heavy atom. The SMILES string of the molecule is CCc1cc(C(Cc2c(F)cccc2F)NN)n(CC)n1. The first-order chi connectivity index (χ1) is 10.1. The van der Waals surface area contributed by atoms with E-state index in [4.69, 9.17) is 5.84 Å². The fourth-order valence-corrected chi connectivity index (χ4v) is 2.37. The molecule has 0 bridgehead atoms. The number of rotatable bonds is 6. The summed E-state index contributed by atoms with van der Waals surface area (Å²) >= 11 is 0. The van der Waals surface area contributed by atoms with Crippen LogP contribution in [0, 0.1) is 11.6 Å². The maximum absolute atomic E-state index is 13.8. The predicted octanol–water partition coefficient (Wildman–Crippen LogP) is 2.49. The van der Waals surface area contributed by atoms with Gasteiger partial charge in [0.05, 0.1) is 17.4 Å². The molecule has 0 spiro atoms. The average Bonchev–Trinajstić information content (AvgIpc) is 2.90. The molecule has 1 heterocycles. The molecule has 0 saturated carbocycles. The van der Waals surface area contributed by atoms with Gasteiger partial charge in [-0.3, -0.25) is 16.0 Å². The molecule has 0 radical (unpaired) electrons. The summed E-state index contributed by atoms with van der Waals surface area (Å²) in [6, 6.07) is 5.38. The Balaban J connectivity index is 2.34. The molecule has 0 fully saturated rings. The molecule has 114 valence electrons. The van der Waals surface area contributed by atoms with E-state index in [0.717, 1.165) is 17.8 Å². The third-order valence-electron chi connectivity index (χ3n) is 3.55. The first-order valence-electron chi connectivity index (χ1n) is 7.06. The van der Waals surface area contributed by atoms with E-state index in [1.165, 1.54) is 18.2 Å². The van der Waals surface area contributed by atoms with Crippen molar-refractivity contribution in [1.82, 2.24) is 15.2 Å². The van der Waals surface area contributed by atoms with Crippen molar-refractivity contribution >= 4 is 0 Å². The number of benzene rings is 1. The molecule has 2 aromatic rings. The number of nitrogens with two attached hydrogens (primary N) is 1. The van der Waals surface area contributed by atoms with Crippen molar-refractivity contribution in [3.63, 3.8) is 0 Å². The van der Waals surface area contributed by atoms with Crippen molar-refractivity contribution in [3.8, 4) is 0 Å². The molecule has 1 unspecified atom stereocenters. The zero-order valence-electron chi connectivity index (χ0n) is 12.2. The summed E-state index contributed by atoms with van der Waals surface area (Å²) in [6.45, 7) is 4.65. The van der Waals surface area contributed by atoms with Gasteiger partial charge in [-0.1, -0.05) is 13.0 Å². The monoisotopic (exact) mass is 294 g/mol. The maximum atomic E-state index is 13.8. The van der Waals surface area contributed by atoms with Gasteiger partial charge in [-0.2, -0.15) is 5.10 Å². The maximum Gasteiger partial charge on any atom is 0.129 e. The van der Waals surface area contributed by atoms with E-state index < -0.39 is 17.7 Å². The van der Waals surface area contributed by atoms with E-state index in [1.807, 2.05) is 24.6 Å². The van der Waals surface area contributed by atoms with E-state index >= 15 is 0 Å². The lowest BCUT2D eigenvalue weighted by atomic mass is 10.0. The topological polar surface area (TPSA) is 55.9 Å². The van der Waals surface area contributed by atoms with Crippen molar-refractivity contribution in [2.45, 2.75) is 39.3 Å². The van der Waals surface area contributed by atoms with Gasteiger partial charge < -0.3 is 0 Å². The number of aryl methyl sites for hydroxylation is 2. The lowest BCUT2D eigenvalue weighted by Gasteiger charge is -2.18. The number of hydrogen-bond donors (Lipinski definition) is 2. The fourth-order valence-electron chi connectivity index (χ4n) is 2.37. The normalized spacial score (nSPS) is 12.6. The molecule has 0 saturated heterocycles. The minimum absolute atomic E-state index is 0.0300. The molecule has 4 nitrogen and oxygen atoms in total. The van der Waals surface area contributed by atoms with Gasteiger partial charge in [0.25, 0.3) is 0 Å². The van der Waals surface area contributed by atoms with E-state index in [9.17, 15) is 8.78 Å². The molecule has 6 heteroatoms. The summed E-state index contributed by atoms with van der Waals surface area (Å²) in [5, 5.41) is 4.44. The smallest absolute Gasteiger partial charge is 0.129 e. The number of aromatic nitrogens is 2. The molecular weight excluding hydrogens is 274 g/mol. The molecule has 3 N–H and O–H groups in total. The van der Waals surface area contributed by atoms with Gasteiger partial charge in [-0.05, 0) is 31.5 Å². The number of hydrazine groups is 1. The largest absolute Gasteiger partial charge is 0.271 e. The van der Waals surface area contributed by atoms with E-state index in [-0.39, 0.29) is 12.0 Å². The second kappa shape index (κ2) is 6.78. The van der Waals surface area contributed by atoms with Crippen LogP contribution in [-0.2, 0) is 19.4 Å². The molecule has 0 aliphatic rings. The van der Waals surface area contributed by atoms with Crippen LogP contribution in [-0.4, -0.2) is 9.78 Å². The van der Waals surface area contributed by atoms with Crippen molar-refractivity contribution < 1.29 is 8.78 Å². The van der Waals surface area contributed by atoms with Gasteiger partial charge in [0.15, 0.2) is 0 Å². The summed E-state index contributed by atoms with van der Waals surface area (Å²) in [5.74, 6) is 4.47. The zero-order chi connectivity index (χ0) is 15.4. The van der Waals surface area contributed by atoms with Crippen LogP contribution in [0.4, 0.5) is 8.78 Å². The number of nitrogens with zero attached hydrogens (tertiary/aromatic N) is 2. The summed E-state index contributed by atoms with van der Waals surface area (Å²) in [4.78, 5) is 0. The van der Waals surface area contributed by atoms with Gasteiger partial charge >= 0.3 is 0 Å². The van der Waals surface area contributed by atoms with Crippen LogP contribution in [0.15, 0.2) is 24.3 Å². The van der Waals surface area contributed by atoms with Gasteiger partial charge in [-0.25, -0.2) is 8.78 Å². The third-order valence-corrected chi connectivity index (χ3v) is 3.55. The summed E-state index contributed by atoms with van der Waals surface area (Å²) in [6.07, 6.45) is 0.926. The van der Waals surface area contributed by atoms with Crippen LogP contribution >= 0.6 is 0 Å². The van der Waals surface area contributed by atoms with Gasteiger partial charge in [-0.15, -0.1) is 0 Å². The van der Waals surface area contributed by atoms with Gasteiger partial charge in [0.2, 0.25) is 0 Å². The summed E-state index contributed by atoms with van der Waals surface area (Å²) < 4.78 is 29.4. The Hall–Kier alpha value is -1.79. The molecule has 0 aliphatic carbocycles. The lowest BCUT2D eigenvalue weighted by molar-refractivity contribution is 0.466. The van der Waals surface area contributed by atoms with Crippen molar-refractivity contribution in [3.05, 3.63) is 52.9 Å². The van der Waals surface area contributed by atoms with E-state index in [1.54, 1.807) is 0 Å². The second-order valence-corrected chi connectivity index (χ2v) is 4.85. The zero-order valence-corrected chi connectivity index (χ0v) is 12.2. The first kappa shape index (κ1) is 15.6. The summed E-state index contributed by atoms with van der Waals surface area (Å²) in [7, 11) is 0. The molecule has 1 aromatic heterocycles. The Labute approximate surface area is 122 Å². The highest BCUT2D eigenvalue weighted by Gasteiger charge is 2.20. The predicted molar refractivity (Wildman–Crippen MR) is 77.4 cm³/mol. The molecular formula is C15H20F2N4. The number of hydrogen-bond acceptors (Lipinski definition) is 3. The highest BCUT2D eigenvalue weighted by atomic mass is 19.1. The minimum Gasteiger partial charge on any atom is -0.271 e. The first-order valence-corrected chi connectivity index (χ1v) is 7.06.